The van der Waals surface area contributed by atoms with Crippen molar-refractivity contribution in [2.24, 2.45) is 0 Å². The number of benzene rings is 2. The second-order valence-electron chi connectivity index (χ2n) is 7.55. The number of anilines is 2. The summed E-state index contributed by atoms with van der Waals surface area (Å²) in [6, 6.07) is 14.2. The summed E-state index contributed by atoms with van der Waals surface area (Å²) in [6.45, 7) is 9.52. The first-order valence-electron chi connectivity index (χ1n) is 11.8. The number of aromatic nitrogens is 4. The van der Waals surface area contributed by atoms with Crippen LogP contribution in [0.3, 0.4) is 0 Å². The quantitative estimate of drug-likeness (QED) is 0.274. The molecular weight excluding hydrogens is 480 g/mol. The number of ether oxygens (including phenoxy) is 2. The minimum atomic E-state index is -0.721. The fourth-order valence-corrected chi connectivity index (χ4v) is 4.13. The van der Waals surface area contributed by atoms with E-state index in [1.807, 2.05) is 52.0 Å². The third-order valence-electron chi connectivity index (χ3n) is 5.67. The molecule has 0 bridgehead atoms. The Morgan fingerprint density at radius 2 is 1.69 bits per heavy atom. The summed E-state index contributed by atoms with van der Waals surface area (Å²) in [5, 5.41) is -0.0986. The third kappa shape index (κ3) is 5.21. The number of hydrogen-bond acceptors (Lipinski definition) is 7. The average molecular weight is 512 g/mol. The highest BCUT2D eigenvalue weighted by Crippen LogP contribution is 2.27. The zero-order chi connectivity index (χ0) is 26.4. The van der Waals surface area contributed by atoms with Crippen molar-refractivity contribution in [3.05, 3.63) is 59.1 Å². The SMILES string of the molecule is CC.CCn1c(COC(=O)c2nc(Cl)c(N)nc2N)[n+](CC)c2ccc(-c3ccc(OC)cc3)cc21. The van der Waals surface area contributed by atoms with E-state index in [1.165, 1.54) is 0 Å². The van der Waals surface area contributed by atoms with Gasteiger partial charge in [-0.2, -0.15) is 0 Å². The van der Waals surface area contributed by atoms with Crippen molar-refractivity contribution in [2.75, 3.05) is 18.6 Å². The number of nitrogen functional groups attached to an aromatic ring is 2. The van der Waals surface area contributed by atoms with E-state index in [9.17, 15) is 4.79 Å². The molecule has 0 aliphatic rings. The molecule has 4 aromatic rings. The first-order chi connectivity index (χ1) is 17.4. The van der Waals surface area contributed by atoms with E-state index < -0.39 is 5.97 Å². The molecule has 0 saturated carbocycles. The van der Waals surface area contributed by atoms with Gasteiger partial charge in [-0.3, -0.25) is 0 Å². The number of fused-ring (bicyclic) bond motifs is 1. The van der Waals surface area contributed by atoms with Gasteiger partial charge in [-0.1, -0.05) is 37.6 Å². The maximum Gasteiger partial charge on any atom is 0.361 e. The monoisotopic (exact) mass is 511 g/mol. The van der Waals surface area contributed by atoms with Gasteiger partial charge in [0.05, 0.1) is 20.2 Å². The number of hydrogen-bond donors (Lipinski definition) is 2. The summed E-state index contributed by atoms with van der Waals surface area (Å²) in [5.41, 5.74) is 15.5. The molecule has 4 N–H and O–H groups in total. The Balaban J connectivity index is 0.00000176. The Bertz CT molecular complexity index is 1370. The fourth-order valence-electron chi connectivity index (χ4n) is 4.01. The van der Waals surface area contributed by atoms with Crippen LogP contribution in [0.1, 0.15) is 44.0 Å². The molecule has 2 heterocycles. The molecule has 0 spiro atoms. The van der Waals surface area contributed by atoms with Crippen LogP contribution in [0.4, 0.5) is 11.6 Å². The van der Waals surface area contributed by atoms with E-state index in [2.05, 4.69) is 37.3 Å². The highest BCUT2D eigenvalue weighted by Gasteiger charge is 2.26. The van der Waals surface area contributed by atoms with Gasteiger partial charge in [-0.25, -0.2) is 23.9 Å². The first kappa shape index (κ1) is 26.7. The largest absolute Gasteiger partial charge is 0.497 e. The molecule has 0 radical (unpaired) electrons. The van der Waals surface area contributed by atoms with E-state index in [-0.39, 0.29) is 29.1 Å². The molecule has 4 rings (SSSR count). The van der Waals surface area contributed by atoms with Gasteiger partial charge < -0.3 is 20.9 Å². The van der Waals surface area contributed by atoms with Gasteiger partial charge in [0.1, 0.15) is 5.75 Å². The number of nitrogens with zero attached hydrogens (tertiary/aromatic N) is 4. The summed E-state index contributed by atoms with van der Waals surface area (Å²) >= 11 is 5.90. The molecule has 0 fully saturated rings. The summed E-state index contributed by atoms with van der Waals surface area (Å²) < 4.78 is 15.1. The van der Waals surface area contributed by atoms with Gasteiger partial charge in [-0.15, -0.1) is 0 Å². The van der Waals surface area contributed by atoms with Crippen LogP contribution < -0.4 is 20.8 Å². The standard InChI is InChI=1S/C24H25ClN6O3.C2H6/c1-4-30-17-11-8-15(14-6-9-16(33-3)10-7-14)12-18(17)31(5-2)19(30)13-34-24(32)20-22(26)29-23(27)21(25)28-20;1-2/h6-12H,4-5,13H2,1-3H3,(H3-,26,27,29,32);1-2H3/p+1. The van der Waals surface area contributed by atoms with Crippen LogP contribution in [0.25, 0.3) is 22.2 Å². The Hall–Kier alpha value is -3.85. The van der Waals surface area contributed by atoms with Crippen LogP contribution >= 0.6 is 11.6 Å². The Kier molecular flexibility index (Phi) is 8.71. The molecule has 0 amide bonds. The number of halogens is 1. The zero-order valence-electron chi connectivity index (χ0n) is 21.2. The van der Waals surface area contributed by atoms with Crippen molar-refractivity contribution < 1.29 is 18.8 Å². The van der Waals surface area contributed by atoms with Gasteiger partial charge >= 0.3 is 5.97 Å². The van der Waals surface area contributed by atoms with Gasteiger partial charge in [0, 0.05) is 0 Å². The number of carbonyl (C=O) groups is 1. The van der Waals surface area contributed by atoms with Crippen LogP contribution in [0.15, 0.2) is 42.5 Å². The number of nitrogens with two attached hydrogens (primary N) is 2. The predicted molar refractivity (Wildman–Crippen MR) is 142 cm³/mol. The lowest BCUT2D eigenvalue weighted by Crippen LogP contribution is -2.37. The summed E-state index contributed by atoms with van der Waals surface area (Å²) in [7, 11) is 1.65. The van der Waals surface area contributed by atoms with Crippen LogP contribution in [0, 0.1) is 0 Å². The van der Waals surface area contributed by atoms with Crippen molar-refractivity contribution in [1.82, 2.24) is 14.5 Å². The number of rotatable bonds is 7. The molecule has 0 atom stereocenters. The molecular formula is C26H32ClN6O3+. The number of esters is 1. The lowest BCUT2D eigenvalue weighted by molar-refractivity contribution is -0.678. The molecule has 190 valence electrons. The van der Waals surface area contributed by atoms with Crippen LogP contribution in [-0.2, 0) is 24.4 Å². The lowest BCUT2D eigenvalue weighted by atomic mass is 10.0. The Morgan fingerprint density at radius 1 is 1.03 bits per heavy atom. The maximum atomic E-state index is 12.7. The minimum absolute atomic E-state index is 0.0240. The van der Waals surface area contributed by atoms with Crippen molar-refractivity contribution >= 4 is 40.2 Å². The Morgan fingerprint density at radius 3 is 2.31 bits per heavy atom. The van der Waals surface area contributed by atoms with Gasteiger partial charge in [0.25, 0.3) is 5.82 Å². The van der Waals surface area contributed by atoms with E-state index >= 15 is 0 Å². The molecule has 0 saturated heterocycles. The molecule has 2 aromatic heterocycles. The Labute approximate surface area is 215 Å². The molecule has 0 unspecified atom stereocenters. The molecule has 36 heavy (non-hydrogen) atoms. The van der Waals surface area contributed by atoms with Crippen molar-refractivity contribution in [2.45, 2.75) is 47.4 Å². The first-order valence-corrected chi connectivity index (χ1v) is 12.2. The molecule has 10 heteroatoms. The van der Waals surface area contributed by atoms with Gasteiger partial charge in [0.2, 0.25) is 0 Å². The number of carbonyl (C=O) groups excluding carboxylic acids is 1. The maximum absolute atomic E-state index is 12.7. The van der Waals surface area contributed by atoms with E-state index in [1.54, 1.807) is 7.11 Å². The van der Waals surface area contributed by atoms with Crippen LogP contribution in [-0.4, -0.2) is 27.6 Å². The van der Waals surface area contributed by atoms with Gasteiger partial charge in [-0.05, 0) is 55.3 Å². The van der Waals surface area contributed by atoms with Crippen LogP contribution in [0.2, 0.25) is 5.15 Å². The lowest BCUT2D eigenvalue weighted by Gasteiger charge is -2.07. The number of imidazole rings is 1. The summed E-state index contributed by atoms with van der Waals surface area (Å²) in [5.74, 6) is 0.755. The average Bonchev–Trinajstić information content (AvgIpc) is 3.22. The van der Waals surface area contributed by atoms with E-state index in [0.717, 1.165) is 33.7 Å². The highest BCUT2D eigenvalue weighted by molar-refractivity contribution is 6.31. The smallest absolute Gasteiger partial charge is 0.361 e. The van der Waals surface area contributed by atoms with Crippen LogP contribution in [0.5, 0.6) is 5.75 Å². The van der Waals surface area contributed by atoms with E-state index in [4.69, 9.17) is 32.5 Å². The second-order valence-corrected chi connectivity index (χ2v) is 7.90. The molecule has 0 aliphatic carbocycles. The number of aryl methyl sites for hydroxylation is 2. The topological polar surface area (TPSA) is 122 Å². The molecule has 0 aliphatic heterocycles. The minimum Gasteiger partial charge on any atom is -0.497 e. The summed E-state index contributed by atoms with van der Waals surface area (Å²) in [6.07, 6.45) is 0. The molecule has 2 aromatic carbocycles. The number of methoxy groups -OCH3 is 1. The van der Waals surface area contributed by atoms with Crippen molar-refractivity contribution in [3.63, 3.8) is 0 Å². The predicted octanol–water partition coefficient (Wildman–Crippen LogP) is 4.64. The van der Waals surface area contributed by atoms with Crippen molar-refractivity contribution in [3.8, 4) is 16.9 Å². The van der Waals surface area contributed by atoms with Crippen molar-refractivity contribution in [1.29, 1.82) is 0 Å². The highest BCUT2D eigenvalue weighted by atomic mass is 35.5. The van der Waals surface area contributed by atoms with Gasteiger partial charge in [0.15, 0.2) is 40.1 Å². The third-order valence-corrected chi connectivity index (χ3v) is 5.94. The van der Waals surface area contributed by atoms with E-state index in [0.29, 0.717) is 13.1 Å². The molecule has 9 nitrogen and oxygen atoms in total. The zero-order valence-corrected chi connectivity index (χ0v) is 22.0. The normalized spacial score (nSPS) is 10.6. The second kappa shape index (κ2) is 11.7. The summed E-state index contributed by atoms with van der Waals surface area (Å²) in [4.78, 5) is 20.4. The fraction of sp³-hybridized carbons (Fsp3) is 0.308.